The molecule has 0 aromatic carbocycles. The summed E-state index contributed by atoms with van der Waals surface area (Å²) < 4.78 is 0. The molecule has 0 aliphatic rings. The third-order valence-corrected chi connectivity index (χ3v) is 3.39. The van der Waals surface area contributed by atoms with Crippen molar-refractivity contribution in [1.82, 2.24) is 0 Å². The van der Waals surface area contributed by atoms with Gasteiger partial charge in [0, 0.05) is 6.42 Å². The molecule has 0 spiro atoms. The number of thioether (sulfide) groups is 1. The zero-order valence-electron chi connectivity index (χ0n) is 9.77. The van der Waals surface area contributed by atoms with Crippen LogP contribution in [0.3, 0.4) is 0 Å². The van der Waals surface area contributed by atoms with Gasteiger partial charge in [0.05, 0.1) is 25.4 Å². The Kier molecular flexibility index (Phi) is 9.52. The van der Waals surface area contributed by atoms with Crippen LogP contribution < -0.4 is 4.90 Å². The molecule has 0 saturated heterocycles. The zero-order chi connectivity index (χ0) is 10.8. The van der Waals surface area contributed by atoms with Gasteiger partial charge in [-0.2, -0.15) is 0 Å². The zero-order valence-corrected chi connectivity index (χ0v) is 10.6. The Morgan fingerprint density at radius 3 is 2.36 bits per heavy atom. The molecular weight excluding hydrogens is 194 g/mol. The molecule has 0 bridgehead atoms. The van der Waals surface area contributed by atoms with Gasteiger partial charge < -0.3 is 4.90 Å². The number of unbranched alkanes of at least 4 members (excludes halogenated alkanes) is 1. The number of hydrogen-bond acceptors (Lipinski definition) is 2. The lowest BCUT2D eigenvalue weighted by molar-refractivity contribution is -0.893. The minimum atomic E-state index is 0.374. The molecule has 0 aliphatic carbocycles. The molecule has 0 aliphatic heterocycles. The Morgan fingerprint density at radius 1 is 1.21 bits per heavy atom. The first kappa shape index (κ1) is 14.0. The van der Waals surface area contributed by atoms with Crippen molar-refractivity contribution in [3.8, 4) is 0 Å². The molecule has 1 N–H and O–H groups in total. The molecule has 2 nitrogen and oxygen atoms in total. The van der Waals surface area contributed by atoms with Crippen molar-refractivity contribution in [2.24, 2.45) is 0 Å². The van der Waals surface area contributed by atoms with Gasteiger partial charge in [-0.05, 0) is 20.3 Å². The van der Waals surface area contributed by atoms with Crippen LogP contribution >= 0.6 is 11.8 Å². The van der Waals surface area contributed by atoms with Crippen molar-refractivity contribution >= 4 is 16.9 Å². The Morgan fingerprint density at radius 2 is 1.86 bits per heavy atom. The Labute approximate surface area is 92.4 Å². The first-order valence-corrected chi connectivity index (χ1v) is 6.72. The van der Waals surface area contributed by atoms with Crippen LogP contribution in [0.2, 0.25) is 0 Å². The van der Waals surface area contributed by atoms with Gasteiger partial charge in [-0.25, -0.2) is 0 Å². The van der Waals surface area contributed by atoms with E-state index in [1.165, 1.54) is 24.9 Å². The second-order valence-electron chi connectivity index (χ2n) is 3.53. The summed E-state index contributed by atoms with van der Waals surface area (Å²) in [5.41, 5.74) is 0. The number of hydrogen-bond donors (Lipinski definition) is 1. The fourth-order valence-corrected chi connectivity index (χ4v) is 2.21. The summed E-state index contributed by atoms with van der Waals surface area (Å²) in [5.74, 6) is 0.986. The quantitative estimate of drug-likeness (QED) is 0.664. The molecule has 0 saturated carbocycles. The first-order valence-electron chi connectivity index (χ1n) is 5.73. The highest BCUT2D eigenvalue weighted by molar-refractivity contribution is 8.13. The van der Waals surface area contributed by atoms with Crippen molar-refractivity contribution in [1.29, 1.82) is 0 Å². The molecule has 84 valence electrons. The number of carbonyl (C=O) groups excluding carboxylic acids is 1. The fraction of sp³-hybridized carbons (Fsp3) is 0.909. The number of rotatable bonds is 8. The van der Waals surface area contributed by atoms with Crippen molar-refractivity contribution in [3.63, 3.8) is 0 Å². The number of quaternary nitrogens is 1. The molecule has 0 amide bonds. The summed E-state index contributed by atoms with van der Waals surface area (Å²) in [6.45, 7) is 9.97. The minimum Gasteiger partial charge on any atom is -0.335 e. The third kappa shape index (κ3) is 7.39. The van der Waals surface area contributed by atoms with Crippen molar-refractivity contribution in [3.05, 3.63) is 0 Å². The first-order chi connectivity index (χ1) is 6.74. The van der Waals surface area contributed by atoms with Crippen molar-refractivity contribution in [2.45, 2.75) is 40.0 Å². The van der Waals surface area contributed by atoms with E-state index in [9.17, 15) is 4.79 Å². The lowest BCUT2D eigenvalue weighted by Gasteiger charge is -2.14. The Hall–Kier alpha value is -0.0200. The molecule has 0 fully saturated rings. The second kappa shape index (κ2) is 9.53. The molecule has 0 aromatic heterocycles. The van der Waals surface area contributed by atoms with Crippen LogP contribution in [0, 0.1) is 0 Å². The van der Waals surface area contributed by atoms with E-state index >= 15 is 0 Å². The maximum atomic E-state index is 11.3. The average Bonchev–Trinajstić information content (AvgIpc) is 2.21. The van der Waals surface area contributed by atoms with E-state index in [-0.39, 0.29) is 0 Å². The predicted molar refractivity (Wildman–Crippen MR) is 63.9 cm³/mol. The van der Waals surface area contributed by atoms with Gasteiger partial charge in [-0.1, -0.05) is 25.1 Å². The summed E-state index contributed by atoms with van der Waals surface area (Å²) in [7, 11) is 0. The summed E-state index contributed by atoms with van der Waals surface area (Å²) in [6.07, 6.45) is 2.92. The van der Waals surface area contributed by atoms with Crippen LogP contribution in [-0.2, 0) is 4.79 Å². The van der Waals surface area contributed by atoms with E-state index in [1.54, 1.807) is 4.90 Å². The van der Waals surface area contributed by atoms with Gasteiger partial charge in [0.2, 0.25) is 0 Å². The smallest absolute Gasteiger partial charge is 0.189 e. The molecule has 0 atom stereocenters. The highest BCUT2D eigenvalue weighted by Gasteiger charge is 2.05. The summed E-state index contributed by atoms with van der Waals surface area (Å²) in [6, 6.07) is 0. The largest absolute Gasteiger partial charge is 0.335 e. The average molecular weight is 218 g/mol. The molecule has 0 unspecified atom stereocenters. The highest BCUT2D eigenvalue weighted by Crippen LogP contribution is 2.07. The van der Waals surface area contributed by atoms with E-state index < -0.39 is 0 Å². The molecule has 0 rings (SSSR count). The highest BCUT2D eigenvalue weighted by atomic mass is 32.2. The lowest BCUT2D eigenvalue weighted by Crippen LogP contribution is -3.11. The molecule has 0 aromatic rings. The van der Waals surface area contributed by atoms with Crippen LogP contribution in [0.15, 0.2) is 0 Å². The van der Waals surface area contributed by atoms with E-state index in [1.807, 2.05) is 0 Å². The molecule has 0 radical (unpaired) electrons. The van der Waals surface area contributed by atoms with Gasteiger partial charge in [-0.15, -0.1) is 0 Å². The van der Waals surface area contributed by atoms with Crippen LogP contribution in [0.4, 0.5) is 0 Å². The SMILES string of the molecule is CCCCC(=O)SCC[NH+](CC)CC. The predicted octanol–water partition coefficient (Wildman–Crippen LogP) is 1.36. The van der Waals surface area contributed by atoms with E-state index in [0.29, 0.717) is 5.12 Å². The van der Waals surface area contributed by atoms with Gasteiger partial charge in [0.25, 0.3) is 0 Å². The van der Waals surface area contributed by atoms with Crippen LogP contribution in [0.1, 0.15) is 40.0 Å². The van der Waals surface area contributed by atoms with Crippen LogP contribution in [0.25, 0.3) is 0 Å². The maximum Gasteiger partial charge on any atom is 0.189 e. The van der Waals surface area contributed by atoms with Crippen LogP contribution in [-0.4, -0.2) is 30.5 Å². The van der Waals surface area contributed by atoms with Gasteiger partial charge in [-0.3, -0.25) is 4.79 Å². The third-order valence-electron chi connectivity index (χ3n) is 2.45. The molecule has 3 heteroatoms. The van der Waals surface area contributed by atoms with E-state index in [0.717, 1.165) is 31.6 Å². The second-order valence-corrected chi connectivity index (χ2v) is 4.68. The summed E-state index contributed by atoms with van der Waals surface area (Å²) in [4.78, 5) is 12.9. The lowest BCUT2D eigenvalue weighted by atomic mass is 10.3. The Balaban J connectivity index is 3.38. The standard InChI is InChI=1S/C11H23NOS/c1-4-7-8-11(13)14-10-9-12(5-2)6-3/h4-10H2,1-3H3/p+1. The molecule has 14 heavy (non-hydrogen) atoms. The van der Waals surface area contributed by atoms with E-state index in [2.05, 4.69) is 20.8 Å². The normalized spacial score (nSPS) is 10.9. The van der Waals surface area contributed by atoms with Gasteiger partial charge in [0.1, 0.15) is 0 Å². The minimum absolute atomic E-state index is 0.374. The monoisotopic (exact) mass is 218 g/mol. The maximum absolute atomic E-state index is 11.3. The number of carbonyl (C=O) groups is 1. The Bertz CT molecular complexity index is 146. The topological polar surface area (TPSA) is 21.5 Å². The molecule has 0 heterocycles. The van der Waals surface area contributed by atoms with Crippen molar-refractivity contribution in [2.75, 3.05) is 25.4 Å². The molecular formula is C11H24NOS+. The summed E-state index contributed by atoms with van der Waals surface area (Å²) >= 11 is 1.52. The fourth-order valence-electron chi connectivity index (χ4n) is 1.31. The summed E-state index contributed by atoms with van der Waals surface area (Å²) in [5, 5.41) is 0.374. The van der Waals surface area contributed by atoms with Gasteiger partial charge >= 0.3 is 0 Å². The number of nitrogens with one attached hydrogen (secondary N) is 1. The van der Waals surface area contributed by atoms with Gasteiger partial charge in [0.15, 0.2) is 5.12 Å². The van der Waals surface area contributed by atoms with Crippen LogP contribution in [0.5, 0.6) is 0 Å². The van der Waals surface area contributed by atoms with Crippen molar-refractivity contribution < 1.29 is 9.69 Å². The van der Waals surface area contributed by atoms with E-state index in [4.69, 9.17) is 0 Å².